The minimum Gasteiger partial charge on any atom is -0.508 e. The van der Waals surface area contributed by atoms with Crippen LogP contribution in [0.2, 0.25) is 0 Å². The maximum absolute atomic E-state index is 12.6. The first-order valence-corrected chi connectivity index (χ1v) is 3.36. The van der Waals surface area contributed by atoms with Gasteiger partial charge in [0.25, 0.3) is 0 Å². The third-order valence-electron chi connectivity index (χ3n) is 1.39. The highest BCUT2D eigenvalue weighted by molar-refractivity contribution is 5.97. The van der Waals surface area contributed by atoms with E-state index < -0.39 is 11.6 Å². The Labute approximate surface area is 68.6 Å². The van der Waals surface area contributed by atoms with Crippen molar-refractivity contribution in [3.63, 3.8) is 0 Å². The fourth-order valence-electron chi connectivity index (χ4n) is 0.853. The molecular weight excluding hydrogens is 161 g/mol. The summed E-state index contributed by atoms with van der Waals surface area (Å²) in [7, 11) is 0. The van der Waals surface area contributed by atoms with Crippen molar-refractivity contribution in [2.45, 2.75) is 0 Å². The van der Waals surface area contributed by atoms with Crippen LogP contribution in [0, 0.1) is 5.82 Å². The number of rotatable bonds is 2. The van der Waals surface area contributed by atoms with E-state index in [0.717, 1.165) is 12.1 Å². The number of aromatic hydroxyl groups is 1. The van der Waals surface area contributed by atoms with E-state index in [1.165, 1.54) is 6.07 Å². The number of benzene rings is 1. The van der Waals surface area contributed by atoms with E-state index in [1.54, 1.807) is 0 Å². The summed E-state index contributed by atoms with van der Waals surface area (Å²) in [5.41, 5.74) is 5.14. The molecule has 0 aliphatic heterocycles. The van der Waals surface area contributed by atoms with Crippen LogP contribution in [0.4, 0.5) is 4.39 Å². The monoisotopic (exact) mass is 169 g/mol. The second-order valence-corrected chi connectivity index (χ2v) is 2.33. The molecule has 0 heterocycles. The zero-order chi connectivity index (χ0) is 9.14. The summed E-state index contributed by atoms with van der Waals surface area (Å²) in [6.45, 7) is -0.192. The smallest absolute Gasteiger partial charge is 0.176 e. The largest absolute Gasteiger partial charge is 0.508 e. The predicted octanol–water partition coefficient (Wildman–Crippen LogP) is 0.673. The van der Waals surface area contributed by atoms with E-state index >= 15 is 0 Å². The van der Waals surface area contributed by atoms with Crippen LogP contribution in [0.25, 0.3) is 0 Å². The minimum absolute atomic E-state index is 0.0926. The summed E-state index contributed by atoms with van der Waals surface area (Å²) < 4.78 is 12.6. The van der Waals surface area contributed by atoms with Crippen LogP contribution in [0.15, 0.2) is 18.2 Å². The van der Waals surface area contributed by atoms with Crippen molar-refractivity contribution in [1.82, 2.24) is 0 Å². The third kappa shape index (κ3) is 1.79. The summed E-state index contributed by atoms with van der Waals surface area (Å²) >= 11 is 0. The summed E-state index contributed by atoms with van der Waals surface area (Å²) in [4.78, 5) is 10.9. The number of halogens is 1. The molecule has 0 aromatic heterocycles. The molecule has 12 heavy (non-hydrogen) atoms. The molecule has 1 rings (SSSR count). The Bertz CT molecular complexity index is 292. The molecule has 0 saturated heterocycles. The van der Waals surface area contributed by atoms with Gasteiger partial charge in [0.05, 0.1) is 6.54 Å². The number of phenols is 1. The first-order valence-electron chi connectivity index (χ1n) is 3.36. The normalized spacial score (nSPS) is 9.83. The quantitative estimate of drug-likeness (QED) is 0.639. The number of carbonyl (C=O) groups is 1. The van der Waals surface area contributed by atoms with Gasteiger partial charge in [0.1, 0.15) is 11.6 Å². The van der Waals surface area contributed by atoms with Crippen molar-refractivity contribution in [2.75, 3.05) is 6.54 Å². The van der Waals surface area contributed by atoms with Gasteiger partial charge in [0, 0.05) is 11.6 Å². The lowest BCUT2D eigenvalue weighted by atomic mass is 10.1. The van der Waals surface area contributed by atoms with Crippen molar-refractivity contribution >= 4 is 5.78 Å². The van der Waals surface area contributed by atoms with Crippen LogP contribution in [0.5, 0.6) is 5.75 Å². The molecular formula is C8H8FNO2. The molecule has 0 aliphatic carbocycles. The Hall–Kier alpha value is -1.42. The second kappa shape index (κ2) is 3.32. The lowest BCUT2D eigenvalue weighted by Gasteiger charge is -1.98. The maximum Gasteiger partial charge on any atom is 0.176 e. The summed E-state index contributed by atoms with van der Waals surface area (Å²) in [5, 5.41) is 8.91. The second-order valence-electron chi connectivity index (χ2n) is 2.33. The van der Waals surface area contributed by atoms with Gasteiger partial charge in [-0.25, -0.2) is 4.39 Å². The summed E-state index contributed by atoms with van der Waals surface area (Å²) in [6.07, 6.45) is 0. The highest BCUT2D eigenvalue weighted by Gasteiger charge is 2.06. The molecule has 3 N–H and O–H groups in total. The van der Waals surface area contributed by atoms with E-state index in [1.807, 2.05) is 0 Å². The fraction of sp³-hybridized carbons (Fsp3) is 0.125. The van der Waals surface area contributed by atoms with Gasteiger partial charge in [-0.15, -0.1) is 0 Å². The Morgan fingerprint density at radius 1 is 1.50 bits per heavy atom. The van der Waals surface area contributed by atoms with Crippen molar-refractivity contribution in [1.29, 1.82) is 0 Å². The molecule has 64 valence electrons. The zero-order valence-corrected chi connectivity index (χ0v) is 6.25. The van der Waals surface area contributed by atoms with Crippen molar-refractivity contribution in [3.8, 4) is 5.75 Å². The lowest BCUT2D eigenvalue weighted by molar-refractivity contribution is 0.100. The molecule has 1 aromatic rings. The minimum atomic E-state index is -0.646. The maximum atomic E-state index is 12.6. The molecule has 0 aliphatic rings. The number of phenolic OH excluding ortho intramolecular Hbond substituents is 1. The Balaban J connectivity index is 3.08. The van der Waals surface area contributed by atoms with Crippen molar-refractivity contribution < 1.29 is 14.3 Å². The Morgan fingerprint density at radius 3 is 2.67 bits per heavy atom. The molecule has 0 amide bonds. The van der Waals surface area contributed by atoms with Crippen molar-refractivity contribution in [3.05, 3.63) is 29.6 Å². The van der Waals surface area contributed by atoms with Gasteiger partial charge in [0.2, 0.25) is 0 Å². The molecule has 4 heteroatoms. The van der Waals surface area contributed by atoms with Gasteiger partial charge in [0.15, 0.2) is 5.78 Å². The molecule has 0 saturated carbocycles. The number of carbonyl (C=O) groups excluding carboxylic acids is 1. The Kier molecular flexibility index (Phi) is 2.40. The van der Waals surface area contributed by atoms with Gasteiger partial charge in [-0.1, -0.05) is 0 Å². The molecule has 0 radical (unpaired) electrons. The first-order chi connectivity index (χ1) is 5.63. The van der Waals surface area contributed by atoms with Crippen LogP contribution in [0.3, 0.4) is 0 Å². The molecule has 1 aromatic carbocycles. The number of hydrogen-bond acceptors (Lipinski definition) is 3. The molecule has 0 atom stereocenters. The standard InChI is InChI=1S/C8H8FNO2/c9-6-1-5(8(12)4-10)2-7(11)3-6/h1-3,11H,4,10H2. The number of ketones is 1. The van der Waals surface area contributed by atoms with Crippen LogP contribution in [-0.4, -0.2) is 17.4 Å². The molecule has 0 fully saturated rings. The van der Waals surface area contributed by atoms with Gasteiger partial charge in [-0.3, -0.25) is 4.79 Å². The SMILES string of the molecule is NCC(=O)c1cc(O)cc(F)c1. The van der Waals surface area contributed by atoms with E-state index in [-0.39, 0.29) is 17.9 Å². The topological polar surface area (TPSA) is 63.3 Å². The average molecular weight is 169 g/mol. The molecule has 0 unspecified atom stereocenters. The van der Waals surface area contributed by atoms with Crippen LogP contribution >= 0.6 is 0 Å². The van der Waals surface area contributed by atoms with Crippen LogP contribution < -0.4 is 5.73 Å². The Morgan fingerprint density at radius 2 is 2.17 bits per heavy atom. The van der Waals surface area contributed by atoms with E-state index in [0.29, 0.717) is 0 Å². The molecule has 0 spiro atoms. The van der Waals surface area contributed by atoms with Gasteiger partial charge < -0.3 is 10.8 Å². The van der Waals surface area contributed by atoms with Crippen LogP contribution in [0.1, 0.15) is 10.4 Å². The first kappa shape index (κ1) is 8.67. The summed E-state index contributed by atoms with van der Waals surface area (Å²) in [6, 6.07) is 3.14. The number of hydrogen-bond donors (Lipinski definition) is 2. The number of Topliss-reactive ketones (excluding diaryl/α,β-unsaturated/α-hetero) is 1. The third-order valence-corrected chi connectivity index (χ3v) is 1.39. The van der Waals surface area contributed by atoms with E-state index in [2.05, 4.69) is 0 Å². The molecule has 3 nitrogen and oxygen atoms in total. The highest BCUT2D eigenvalue weighted by atomic mass is 19.1. The van der Waals surface area contributed by atoms with E-state index in [4.69, 9.17) is 10.8 Å². The number of nitrogens with two attached hydrogens (primary N) is 1. The molecule has 0 bridgehead atoms. The van der Waals surface area contributed by atoms with Crippen molar-refractivity contribution in [2.24, 2.45) is 5.73 Å². The fourth-order valence-corrected chi connectivity index (χ4v) is 0.853. The zero-order valence-electron chi connectivity index (χ0n) is 6.25. The summed E-state index contributed by atoms with van der Waals surface area (Å²) in [5.74, 6) is -1.32. The van der Waals surface area contributed by atoms with Gasteiger partial charge in [-0.2, -0.15) is 0 Å². The van der Waals surface area contributed by atoms with Gasteiger partial charge in [-0.05, 0) is 12.1 Å². The van der Waals surface area contributed by atoms with Crippen LogP contribution in [-0.2, 0) is 0 Å². The predicted molar refractivity (Wildman–Crippen MR) is 41.4 cm³/mol. The van der Waals surface area contributed by atoms with Gasteiger partial charge >= 0.3 is 0 Å². The average Bonchev–Trinajstić information content (AvgIpc) is 2.01. The lowest BCUT2D eigenvalue weighted by Crippen LogP contribution is -2.13. The van der Waals surface area contributed by atoms with E-state index in [9.17, 15) is 9.18 Å². The highest BCUT2D eigenvalue weighted by Crippen LogP contribution is 2.14.